The van der Waals surface area contributed by atoms with Crippen LogP contribution in [0.2, 0.25) is 0 Å². The summed E-state index contributed by atoms with van der Waals surface area (Å²) >= 11 is 0. The van der Waals surface area contributed by atoms with Gasteiger partial charge in [-0.05, 0) is 36.6 Å². The van der Waals surface area contributed by atoms with Gasteiger partial charge < -0.3 is 10.7 Å². The Bertz CT molecular complexity index is 706. The van der Waals surface area contributed by atoms with E-state index in [0.29, 0.717) is 6.54 Å². The molecule has 0 fully saturated rings. The summed E-state index contributed by atoms with van der Waals surface area (Å²) in [5.41, 5.74) is 11.5. The summed E-state index contributed by atoms with van der Waals surface area (Å²) in [6.07, 6.45) is 3.85. The molecule has 0 saturated carbocycles. The second-order valence-corrected chi connectivity index (χ2v) is 4.61. The molecule has 0 atom stereocenters. The Labute approximate surface area is 105 Å². The predicted octanol–water partition coefficient (Wildman–Crippen LogP) is 2.40. The summed E-state index contributed by atoms with van der Waals surface area (Å²) in [5.74, 6) is 0.837. The lowest BCUT2D eigenvalue weighted by molar-refractivity contribution is 0.966. The fourth-order valence-corrected chi connectivity index (χ4v) is 2.12. The van der Waals surface area contributed by atoms with Gasteiger partial charge in [0, 0.05) is 12.7 Å². The molecule has 0 bridgehead atoms. The highest BCUT2D eigenvalue weighted by atomic mass is 15.1. The standard InChI is InChI=1S/C14H16N4/c1-9-3-4-11(5-10(9)2)13-8-18-12(6-15)7-16-14(18)17-13/h3-5,7-8H,6,15H2,1-2H3,(H,16,17). The van der Waals surface area contributed by atoms with Crippen molar-refractivity contribution >= 4 is 5.78 Å². The van der Waals surface area contributed by atoms with E-state index in [-0.39, 0.29) is 0 Å². The molecule has 3 aromatic rings. The number of aryl methyl sites for hydroxylation is 2. The summed E-state index contributed by atoms with van der Waals surface area (Å²) in [7, 11) is 0. The van der Waals surface area contributed by atoms with Crippen molar-refractivity contribution in [2.75, 3.05) is 0 Å². The lowest BCUT2D eigenvalue weighted by Gasteiger charge is -2.02. The Kier molecular flexibility index (Phi) is 2.45. The van der Waals surface area contributed by atoms with Crippen LogP contribution >= 0.6 is 0 Å². The minimum Gasteiger partial charge on any atom is -0.325 e. The number of hydrogen-bond donors (Lipinski definition) is 2. The van der Waals surface area contributed by atoms with Crippen molar-refractivity contribution < 1.29 is 0 Å². The van der Waals surface area contributed by atoms with Gasteiger partial charge in [-0.2, -0.15) is 0 Å². The van der Waals surface area contributed by atoms with E-state index >= 15 is 0 Å². The lowest BCUT2D eigenvalue weighted by Crippen LogP contribution is -1.98. The average molecular weight is 240 g/mol. The summed E-state index contributed by atoms with van der Waals surface area (Å²) in [5, 5.41) is 0. The molecular weight excluding hydrogens is 224 g/mol. The zero-order chi connectivity index (χ0) is 12.7. The molecule has 4 nitrogen and oxygen atoms in total. The predicted molar refractivity (Wildman–Crippen MR) is 72.3 cm³/mol. The Morgan fingerprint density at radius 3 is 2.83 bits per heavy atom. The summed E-state index contributed by atoms with van der Waals surface area (Å²) in [4.78, 5) is 7.61. The van der Waals surface area contributed by atoms with Gasteiger partial charge in [-0.3, -0.25) is 4.40 Å². The fraction of sp³-hybridized carbons (Fsp3) is 0.214. The van der Waals surface area contributed by atoms with Crippen LogP contribution in [0.25, 0.3) is 17.0 Å². The van der Waals surface area contributed by atoms with Crippen LogP contribution in [-0.2, 0) is 6.54 Å². The summed E-state index contributed by atoms with van der Waals surface area (Å²) in [6, 6.07) is 6.44. The largest absolute Gasteiger partial charge is 0.325 e. The van der Waals surface area contributed by atoms with Crippen molar-refractivity contribution in [1.82, 2.24) is 14.4 Å². The Morgan fingerprint density at radius 1 is 1.28 bits per heavy atom. The topological polar surface area (TPSA) is 59.1 Å². The van der Waals surface area contributed by atoms with Crippen molar-refractivity contribution in [3.63, 3.8) is 0 Å². The first-order valence-corrected chi connectivity index (χ1v) is 6.01. The SMILES string of the molecule is Cc1ccc(-c2cn3c(CN)cnc3[nH]2)cc1C. The monoisotopic (exact) mass is 240 g/mol. The molecule has 1 aromatic carbocycles. The molecule has 0 saturated heterocycles. The molecule has 2 aromatic heterocycles. The number of rotatable bonds is 2. The van der Waals surface area contributed by atoms with Gasteiger partial charge in [0.2, 0.25) is 5.78 Å². The molecule has 3 rings (SSSR count). The Morgan fingerprint density at radius 2 is 2.11 bits per heavy atom. The van der Waals surface area contributed by atoms with Crippen molar-refractivity contribution in [3.05, 3.63) is 47.4 Å². The lowest BCUT2D eigenvalue weighted by atomic mass is 10.1. The molecule has 0 amide bonds. The number of nitrogens with one attached hydrogen (secondary N) is 1. The molecule has 0 radical (unpaired) electrons. The van der Waals surface area contributed by atoms with E-state index in [1.54, 1.807) is 6.20 Å². The third kappa shape index (κ3) is 1.62. The number of aromatic nitrogens is 3. The molecule has 3 N–H and O–H groups in total. The van der Waals surface area contributed by atoms with Gasteiger partial charge in [0.25, 0.3) is 0 Å². The van der Waals surface area contributed by atoms with Crippen molar-refractivity contribution in [2.45, 2.75) is 20.4 Å². The van der Waals surface area contributed by atoms with E-state index < -0.39 is 0 Å². The van der Waals surface area contributed by atoms with Gasteiger partial charge in [0.05, 0.1) is 17.6 Å². The van der Waals surface area contributed by atoms with E-state index in [2.05, 4.69) is 48.2 Å². The van der Waals surface area contributed by atoms with Gasteiger partial charge in [-0.15, -0.1) is 0 Å². The zero-order valence-corrected chi connectivity index (χ0v) is 10.6. The van der Waals surface area contributed by atoms with Crippen molar-refractivity contribution in [1.29, 1.82) is 0 Å². The van der Waals surface area contributed by atoms with E-state index in [1.165, 1.54) is 16.7 Å². The quantitative estimate of drug-likeness (QED) is 0.722. The molecular formula is C14H16N4. The number of nitrogens with zero attached hydrogens (tertiary/aromatic N) is 2. The van der Waals surface area contributed by atoms with Crippen LogP contribution in [0, 0.1) is 13.8 Å². The van der Waals surface area contributed by atoms with E-state index in [9.17, 15) is 0 Å². The maximum atomic E-state index is 5.68. The smallest absolute Gasteiger partial charge is 0.211 e. The number of fused-ring (bicyclic) bond motifs is 1. The van der Waals surface area contributed by atoms with E-state index in [0.717, 1.165) is 17.2 Å². The highest BCUT2D eigenvalue weighted by molar-refractivity contribution is 5.63. The van der Waals surface area contributed by atoms with Crippen molar-refractivity contribution in [2.24, 2.45) is 5.73 Å². The van der Waals surface area contributed by atoms with Crippen LogP contribution < -0.4 is 5.73 Å². The molecule has 92 valence electrons. The number of benzene rings is 1. The van der Waals surface area contributed by atoms with Crippen LogP contribution in [0.3, 0.4) is 0 Å². The number of aromatic amines is 1. The second-order valence-electron chi connectivity index (χ2n) is 4.61. The molecule has 2 heterocycles. The minimum atomic E-state index is 0.491. The zero-order valence-electron chi connectivity index (χ0n) is 10.6. The van der Waals surface area contributed by atoms with Crippen LogP contribution in [-0.4, -0.2) is 14.4 Å². The number of imidazole rings is 2. The van der Waals surface area contributed by atoms with Gasteiger partial charge in [0.1, 0.15) is 0 Å². The maximum Gasteiger partial charge on any atom is 0.211 e. The van der Waals surface area contributed by atoms with Crippen LogP contribution in [0.5, 0.6) is 0 Å². The Hall–Kier alpha value is -2.07. The summed E-state index contributed by atoms with van der Waals surface area (Å²) < 4.78 is 2.00. The van der Waals surface area contributed by atoms with Gasteiger partial charge in [-0.1, -0.05) is 12.1 Å². The number of hydrogen-bond acceptors (Lipinski definition) is 2. The van der Waals surface area contributed by atoms with Crippen molar-refractivity contribution in [3.8, 4) is 11.3 Å². The molecule has 18 heavy (non-hydrogen) atoms. The molecule has 0 aliphatic rings. The van der Waals surface area contributed by atoms with Gasteiger partial charge in [0.15, 0.2) is 0 Å². The molecule has 0 aliphatic carbocycles. The normalized spacial score (nSPS) is 11.3. The van der Waals surface area contributed by atoms with Gasteiger partial charge in [-0.25, -0.2) is 4.98 Å². The Balaban J connectivity index is 2.13. The first-order valence-electron chi connectivity index (χ1n) is 6.01. The molecule has 0 spiro atoms. The van der Waals surface area contributed by atoms with Crippen LogP contribution in [0.1, 0.15) is 16.8 Å². The third-order valence-electron chi connectivity index (χ3n) is 3.41. The third-order valence-corrected chi connectivity index (χ3v) is 3.41. The van der Waals surface area contributed by atoms with E-state index in [4.69, 9.17) is 5.73 Å². The first kappa shape index (κ1) is 11.0. The highest BCUT2D eigenvalue weighted by Gasteiger charge is 2.08. The second kappa shape index (κ2) is 3.99. The molecule has 0 unspecified atom stereocenters. The number of nitrogens with two attached hydrogens (primary N) is 1. The molecule has 4 heteroatoms. The van der Waals surface area contributed by atoms with E-state index in [1.807, 2.05) is 4.40 Å². The maximum absolute atomic E-state index is 5.68. The first-order chi connectivity index (χ1) is 8.69. The highest BCUT2D eigenvalue weighted by Crippen LogP contribution is 2.22. The van der Waals surface area contributed by atoms with Gasteiger partial charge >= 0.3 is 0 Å². The van der Waals surface area contributed by atoms with Crippen LogP contribution in [0.4, 0.5) is 0 Å². The number of H-pyrrole nitrogens is 1. The average Bonchev–Trinajstić information content (AvgIpc) is 2.92. The fourth-order valence-electron chi connectivity index (χ4n) is 2.12. The minimum absolute atomic E-state index is 0.491. The molecule has 0 aliphatic heterocycles. The van der Waals surface area contributed by atoms with Crippen LogP contribution in [0.15, 0.2) is 30.6 Å². The summed E-state index contributed by atoms with van der Waals surface area (Å²) in [6.45, 7) is 4.73.